The molecule has 8 nitrogen and oxygen atoms in total. The summed E-state index contributed by atoms with van der Waals surface area (Å²) in [5.41, 5.74) is 1.29. The Morgan fingerprint density at radius 1 is 1.31 bits per heavy atom. The zero-order valence-corrected chi connectivity index (χ0v) is 14.6. The second-order valence-electron chi connectivity index (χ2n) is 7.19. The van der Waals surface area contributed by atoms with Crippen molar-refractivity contribution < 1.29 is 9.32 Å². The molecule has 1 N–H and O–H groups in total. The first-order valence-corrected chi connectivity index (χ1v) is 8.94. The Kier molecular flexibility index (Phi) is 3.28. The van der Waals surface area contributed by atoms with Crippen LogP contribution < -0.4 is 4.90 Å². The van der Waals surface area contributed by atoms with Crippen molar-refractivity contribution in [3.8, 4) is 0 Å². The Bertz CT molecular complexity index is 973. The molecule has 1 spiro atoms. The van der Waals surface area contributed by atoms with Crippen LogP contribution in [0.2, 0.25) is 0 Å². The molecule has 1 aliphatic carbocycles. The lowest BCUT2D eigenvalue weighted by molar-refractivity contribution is 0.0668. The number of amides is 1. The lowest BCUT2D eigenvalue weighted by Crippen LogP contribution is -2.46. The highest BCUT2D eigenvalue weighted by Crippen LogP contribution is 2.45. The van der Waals surface area contributed by atoms with Crippen molar-refractivity contribution in [2.75, 3.05) is 24.5 Å². The lowest BCUT2D eigenvalue weighted by atomic mass is 10.1. The van der Waals surface area contributed by atoms with Gasteiger partial charge in [-0.1, -0.05) is 5.16 Å². The summed E-state index contributed by atoms with van der Waals surface area (Å²) < 4.78 is 5.10. The molecule has 2 fully saturated rings. The first-order valence-electron chi connectivity index (χ1n) is 8.94. The monoisotopic (exact) mass is 352 g/mol. The van der Waals surface area contributed by atoms with E-state index < -0.39 is 0 Å². The molecule has 4 heterocycles. The molecule has 8 heteroatoms. The third-order valence-corrected chi connectivity index (χ3v) is 5.55. The second kappa shape index (κ2) is 5.55. The number of anilines is 1. The molecule has 2 aliphatic rings. The van der Waals surface area contributed by atoms with Crippen LogP contribution in [0.4, 0.5) is 5.82 Å². The van der Waals surface area contributed by atoms with E-state index in [1.807, 2.05) is 17.2 Å². The molecule has 1 aliphatic heterocycles. The average Bonchev–Trinajstić information content (AvgIpc) is 3.09. The number of carbonyl (C=O) groups is 1. The number of fused-ring (bicyclic) bond motifs is 1. The number of carbonyl (C=O) groups excluding carboxylic acids is 1. The fourth-order valence-electron chi connectivity index (χ4n) is 4.01. The van der Waals surface area contributed by atoms with Gasteiger partial charge in [0, 0.05) is 25.8 Å². The van der Waals surface area contributed by atoms with Gasteiger partial charge in [-0.15, -0.1) is 0 Å². The van der Waals surface area contributed by atoms with Crippen molar-refractivity contribution in [3.05, 3.63) is 36.1 Å². The van der Waals surface area contributed by atoms with Crippen molar-refractivity contribution in [2.45, 2.75) is 31.7 Å². The van der Waals surface area contributed by atoms with Crippen molar-refractivity contribution >= 4 is 22.8 Å². The van der Waals surface area contributed by atoms with E-state index in [4.69, 9.17) is 4.52 Å². The highest BCUT2D eigenvalue weighted by molar-refractivity contribution is 5.95. The van der Waals surface area contributed by atoms with E-state index in [-0.39, 0.29) is 11.4 Å². The smallest absolute Gasteiger partial charge is 0.259 e. The molecule has 0 radical (unpaired) electrons. The summed E-state index contributed by atoms with van der Waals surface area (Å²) in [5.74, 6) is 1.55. The molecule has 0 atom stereocenters. The molecule has 5 rings (SSSR count). The molecule has 0 unspecified atom stereocenters. The summed E-state index contributed by atoms with van der Waals surface area (Å²) in [6.07, 6.45) is 7.94. The highest BCUT2D eigenvalue weighted by atomic mass is 16.5. The summed E-state index contributed by atoms with van der Waals surface area (Å²) in [6.45, 7) is 4.18. The topological polar surface area (TPSA) is 91.2 Å². The maximum absolute atomic E-state index is 13.1. The van der Waals surface area contributed by atoms with Gasteiger partial charge in [-0.05, 0) is 32.3 Å². The number of aromatic nitrogens is 4. The van der Waals surface area contributed by atoms with E-state index in [0.717, 1.165) is 55.7 Å². The Labute approximate surface area is 150 Å². The zero-order chi connectivity index (χ0) is 17.7. The molecular weight excluding hydrogens is 332 g/mol. The third kappa shape index (κ3) is 2.28. The summed E-state index contributed by atoms with van der Waals surface area (Å²) in [4.78, 5) is 29.4. The molecule has 1 saturated heterocycles. The summed E-state index contributed by atoms with van der Waals surface area (Å²) in [6, 6.07) is 2.01. The quantitative estimate of drug-likeness (QED) is 0.760. The average molecular weight is 352 g/mol. The minimum absolute atomic E-state index is 0.0255. The van der Waals surface area contributed by atoms with E-state index in [9.17, 15) is 4.79 Å². The van der Waals surface area contributed by atoms with Crippen molar-refractivity contribution in [1.82, 2.24) is 25.0 Å². The van der Waals surface area contributed by atoms with Gasteiger partial charge >= 0.3 is 0 Å². The van der Waals surface area contributed by atoms with E-state index in [1.54, 1.807) is 13.3 Å². The molecule has 0 bridgehead atoms. The van der Waals surface area contributed by atoms with Crippen LogP contribution in [-0.4, -0.2) is 56.1 Å². The first-order chi connectivity index (χ1) is 12.7. The number of hydrogen-bond acceptors (Lipinski definition) is 6. The molecule has 1 saturated carbocycles. The number of aryl methyl sites for hydroxylation is 1. The SMILES string of the molecule is Cc1oncc1C(=O)N1CCCN(c2ncnc3[nH]ccc23)CC12CC2. The minimum atomic E-state index is -0.120. The standard InChI is InChI=1S/C18H20N6O2/c1-12-14(9-22-26-12)17(25)24-8-2-7-23(10-18(24)4-5-18)16-13-3-6-19-15(13)20-11-21-16/h3,6,9,11H,2,4-5,7-8,10H2,1H3,(H,19,20,21). The fourth-order valence-corrected chi connectivity index (χ4v) is 4.01. The number of nitrogens with one attached hydrogen (secondary N) is 1. The van der Waals surface area contributed by atoms with Crippen LogP contribution in [0.15, 0.2) is 29.3 Å². The van der Waals surface area contributed by atoms with Gasteiger partial charge in [-0.3, -0.25) is 4.79 Å². The van der Waals surface area contributed by atoms with Crippen LogP contribution in [0.25, 0.3) is 11.0 Å². The number of aromatic amines is 1. The Morgan fingerprint density at radius 2 is 2.19 bits per heavy atom. The third-order valence-electron chi connectivity index (χ3n) is 5.55. The Hall–Kier alpha value is -2.90. The number of rotatable bonds is 2. The van der Waals surface area contributed by atoms with Gasteiger partial charge in [-0.2, -0.15) is 0 Å². The number of nitrogens with zero attached hydrogens (tertiary/aromatic N) is 5. The lowest BCUT2D eigenvalue weighted by Gasteiger charge is -2.32. The van der Waals surface area contributed by atoms with Crippen molar-refractivity contribution in [3.63, 3.8) is 0 Å². The summed E-state index contributed by atoms with van der Waals surface area (Å²) in [7, 11) is 0. The largest absolute Gasteiger partial charge is 0.361 e. The van der Waals surface area contributed by atoms with Gasteiger partial charge in [0.05, 0.1) is 17.1 Å². The molecule has 1 amide bonds. The maximum Gasteiger partial charge on any atom is 0.259 e. The van der Waals surface area contributed by atoms with Crippen LogP contribution in [0.1, 0.15) is 35.4 Å². The van der Waals surface area contributed by atoms with E-state index in [0.29, 0.717) is 11.3 Å². The van der Waals surface area contributed by atoms with Gasteiger partial charge in [0.2, 0.25) is 0 Å². The van der Waals surface area contributed by atoms with Gasteiger partial charge in [0.15, 0.2) is 0 Å². The van der Waals surface area contributed by atoms with Crippen molar-refractivity contribution in [1.29, 1.82) is 0 Å². The van der Waals surface area contributed by atoms with Gasteiger partial charge < -0.3 is 19.3 Å². The van der Waals surface area contributed by atoms with Crippen LogP contribution in [-0.2, 0) is 0 Å². The van der Waals surface area contributed by atoms with Crippen LogP contribution in [0.5, 0.6) is 0 Å². The van der Waals surface area contributed by atoms with Crippen molar-refractivity contribution in [2.24, 2.45) is 0 Å². The molecule has 134 valence electrons. The van der Waals surface area contributed by atoms with Crippen LogP contribution >= 0.6 is 0 Å². The number of H-pyrrole nitrogens is 1. The normalized spacial score (nSPS) is 19.1. The number of hydrogen-bond donors (Lipinski definition) is 1. The van der Waals surface area contributed by atoms with E-state index in [2.05, 4.69) is 25.0 Å². The van der Waals surface area contributed by atoms with Crippen LogP contribution in [0.3, 0.4) is 0 Å². The van der Waals surface area contributed by atoms with E-state index in [1.165, 1.54) is 6.20 Å². The first kappa shape index (κ1) is 15.4. The molecule has 3 aromatic rings. The molecule has 0 aromatic carbocycles. The fraction of sp³-hybridized carbons (Fsp3) is 0.444. The Morgan fingerprint density at radius 3 is 2.96 bits per heavy atom. The maximum atomic E-state index is 13.1. The summed E-state index contributed by atoms with van der Waals surface area (Å²) >= 11 is 0. The summed E-state index contributed by atoms with van der Waals surface area (Å²) in [5, 5.41) is 4.79. The predicted octanol–water partition coefficient (Wildman–Crippen LogP) is 2.14. The van der Waals surface area contributed by atoms with Gasteiger partial charge in [0.25, 0.3) is 5.91 Å². The Balaban J connectivity index is 1.47. The minimum Gasteiger partial charge on any atom is -0.361 e. The van der Waals surface area contributed by atoms with Gasteiger partial charge in [-0.25, -0.2) is 9.97 Å². The second-order valence-corrected chi connectivity index (χ2v) is 7.19. The predicted molar refractivity (Wildman–Crippen MR) is 95.0 cm³/mol. The van der Waals surface area contributed by atoms with Crippen LogP contribution in [0, 0.1) is 6.92 Å². The zero-order valence-electron chi connectivity index (χ0n) is 14.6. The molecule has 26 heavy (non-hydrogen) atoms. The highest BCUT2D eigenvalue weighted by Gasteiger charge is 2.52. The van der Waals surface area contributed by atoms with Gasteiger partial charge in [0.1, 0.15) is 29.1 Å². The van der Waals surface area contributed by atoms with E-state index >= 15 is 0 Å². The molecular formula is C18H20N6O2. The molecule has 3 aromatic heterocycles.